The first-order chi connectivity index (χ1) is 15.1. The molecule has 0 N–H and O–H groups in total. The van der Waals surface area contributed by atoms with Crippen molar-refractivity contribution < 1.29 is 48.1 Å². The molecule has 182 valence electrons. The van der Waals surface area contributed by atoms with Crippen molar-refractivity contribution in [3.63, 3.8) is 0 Å². The molecule has 0 bridgehead atoms. The van der Waals surface area contributed by atoms with Crippen molar-refractivity contribution in [2.75, 3.05) is 6.26 Å². The minimum atomic E-state index is -6.08. The number of aromatic nitrogens is 2. The third-order valence-corrected chi connectivity index (χ3v) is 6.27. The van der Waals surface area contributed by atoms with Gasteiger partial charge >= 0.3 is 21.8 Å². The lowest BCUT2D eigenvalue weighted by Crippen LogP contribution is -2.30. The fourth-order valence-corrected chi connectivity index (χ4v) is 4.20. The largest absolute Gasteiger partial charge is 0.534 e. The maximum Gasteiger partial charge on any atom is 0.534 e. The Bertz CT molecular complexity index is 1200. The first kappa shape index (κ1) is 25.5. The average molecular weight is 520 g/mol. The second-order valence-corrected chi connectivity index (χ2v) is 9.35. The van der Waals surface area contributed by atoms with Crippen LogP contribution in [0.2, 0.25) is 0 Å². The van der Waals surface area contributed by atoms with Gasteiger partial charge < -0.3 is 8.92 Å². The van der Waals surface area contributed by atoms with Crippen LogP contribution in [0.1, 0.15) is 39.6 Å². The number of nitrogens with zero attached hydrogens (tertiary/aromatic N) is 2. The van der Waals surface area contributed by atoms with Crippen molar-refractivity contribution in [2.24, 2.45) is 0 Å². The summed E-state index contributed by atoms with van der Waals surface area (Å²) in [6.45, 7) is 1.74. The molecule has 1 aromatic carbocycles. The van der Waals surface area contributed by atoms with Crippen molar-refractivity contribution in [2.45, 2.75) is 49.8 Å². The number of rotatable bonds is 4. The maximum atomic E-state index is 14.9. The summed E-state index contributed by atoms with van der Waals surface area (Å²) >= 11 is 0.829. The van der Waals surface area contributed by atoms with E-state index in [0.29, 0.717) is 0 Å². The normalized spacial score (nSPS) is 17.1. The zero-order valence-corrected chi connectivity index (χ0v) is 18.7. The van der Waals surface area contributed by atoms with Crippen molar-refractivity contribution in [3.05, 3.63) is 45.4 Å². The molecule has 1 aliphatic rings. The number of aryl methyl sites for hydroxylation is 2. The molecule has 2 aromatic rings. The third-order valence-electron chi connectivity index (χ3n) is 4.78. The lowest BCUT2D eigenvalue weighted by molar-refractivity contribution is -0.140. The summed E-state index contributed by atoms with van der Waals surface area (Å²) in [5.41, 5.74) is -8.45. The number of benzene rings is 1. The highest BCUT2D eigenvalue weighted by atomic mass is 32.2. The van der Waals surface area contributed by atoms with Crippen LogP contribution in [-0.4, -0.2) is 30.1 Å². The first-order valence-electron chi connectivity index (χ1n) is 8.99. The van der Waals surface area contributed by atoms with Crippen LogP contribution in [0.3, 0.4) is 0 Å². The van der Waals surface area contributed by atoms with E-state index < -0.39 is 63.8 Å². The van der Waals surface area contributed by atoms with Gasteiger partial charge in [0.2, 0.25) is 5.88 Å². The number of hydrogen-bond acceptors (Lipinski definition) is 7. The molecular weight excluding hydrogens is 505 g/mol. The molecule has 0 fully saturated rings. The summed E-state index contributed by atoms with van der Waals surface area (Å²) in [6, 6.07) is 1.04. The molecule has 6 nitrogen and oxygen atoms in total. The van der Waals surface area contributed by atoms with Gasteiger partial charge in [-0.3, -0.25) is 0 Å². The van der Waals surface area contributed by atoms with E-state index in [2.05, 4.69) is 14.2 Å². The summed E-state index contributed by atoms with van der Waals surface area (Å²) < 4.78 is 127. The van der Waals surface area contributed by atoms with Gasteiger partial charge in [-0.05, 0) is 31.2 Å². The monoisotopic (exact) mass is 520 g/mol. The molecule has 0 spiro atoms. The van der Waals surface area contributed by atoms with Crippen LogP contribution >= 0.6 is 11.8 Å². The molecular formula is C18H15F7N2O4S2. The van der Waals surface area contributed by atoms with E-state index in [9.17, 15) is 39.2 Å². The number of thioether (sulfide) groups is 1. The Morgan fingerprint density at radius 1 is 1.12 bits per heavy atom. The Hall–Kier alpha value is -2.13. The van der Waals surface area contributed by atoms with Gasteiger partial charge in [-0.2, -0.15) is 39.7 Å². The lowest BCUT2D eigenvalue weighted by Gasteiger charge is -2.29. The quantitative estimate of drug-likeness (QED) is 0.184. The molecule has 1 aliphatic heterocycles. The summed E-state index contributed by atoms with van der Waals surface area (Å²) in [7, 11) is -6.08. The van der Waals surface area contributed by atoms with Gasteiger partial charge in [0, 0.05) is 12.0 Å². The molecule has 3 rings (SSSR count). The SMILES string of the molecule is CSc1nc2c(c(OS(=O)(=O)C(F)(F)F)n1)CO[C@H](c1c(F)c(C)cc(C)c1C(F)(F)F)C2. The Balaban J connectivity index is 2.12. The van der Waals surface area contributed by atoms with E-state index in [0.717, 1.165) is 24.8 Å². The molecule has 0 amide bonds. The molecule has 15 heteroatoms. The van der Waals surface area contributed by atoms with E-state index in [4.69, 9.17) is 4.74 Å². The van der Waals surface area contributed by atoms with Crippen molar-refractivity contribution in [1.82, 2.24) is 9.97 Å². The van der Waals surface area contributed by atoms with Gasteiger partial charge in [0.15, 0.2) is 5.16 Å². The number of halogens is 7. The fourth-order valence-electron chi connectivity index (χ4n) is 3.39. The van der Waals surface area contributed by atoms with E-state index in [-0.39, 0.29) is 27.5 Å². The first-order valence-corrected chi connectivity index (χ1v) is 11.6. The van der Waals surface area contributed by atoms with Crippen LogP contribution in [0.15, 0.2) is 11.2 Å². The molecule has 33 heavy (non-hydrogen) atoms. The van der Waals surface area contributed by atoms with Gasteiger partial charge in [-0.1, -0.05) is 17.8 Å². The minimum Gasteiger partial charge on any atom is -0.368 e. The van der Waals surface area contributed by atoms with Crippen LogP contribution in [0.4, 0.5) is 30.7 Å². The molecule has 1 atom stereocenters. The van der Waals surface area contributed by atoms with E-state index in [1.54, 1.807) is 0 Å². The van der Waals surface area contributed by atoms with Crippen LogP contribution in [0.25, 0.3) is 0 Å². The van der Waals surface area contributed by atoms with Gasteiger partial charge in [-0.25, -0.2) is 9.37 Å². The predicted octanol–water partition coefficient (Wildman–Crippen LogP) is 5.02. The highest BCUT2D eigenvalue weighted by Crippen LogP contribution is 2.44. The number of fused-ring (bicyclic) bond motifs is 1. The van der Waals surface area contributed by atoms with Gasteiger partial charge in [0.25, 0.3) is 0 Å². The van der Waals surface area contributed by atoms with Crippen molar-refractivity contribution >= 4 is 21.9 Å². The summed E-state index contributed by atoms with van der Waals surface area (Å²) in [4.78, 5) is 7.66. The number of alkyl halides is 6. The van der Waals surface area contributed by atoms with Crippen molar-refractivity contribution in [1.29, 1.82) is 0 Å². The second kappa shape index (κ2) is 8.58. The Labute approximate surface area is 187 Å². The number of ether oxygens (including phenoxy) is 1. The van der Waals surface area contributed by atoms with Gasteiger partial charge in [0.05, 0.1) is 29.5 Å². The summed E-state index contributed by atoms with van der Waals surface area (Å²) in [6.07, 6.45) is -5.46. The minimum absolute atomic E-state index is 0.0577. The zero-order valence-electron chi connectivity index (χ0n) is 17.1. The molecule has 2 heterocycles. The maximum absolute atomic E-state index is 14.9. The van der Waals surface area contributed by atoms with Crippen LogP contribution < -0.4 is 4.18 Å². The van der Waals surface area contributed by atoms with E-state index >= 15 is 0 Å². The molecule has 0 saturated heterocycles. The molecule has 0 aliphatic carbocycles. The van der Waals surface area contributed by atoms with Crippen LogP contribution in [-0.2, 0) is 34.1 Å². The summed E-state index contributed by atoms with van der Waals surface area (Å²) in [5, 5.41) is -0.196. The molecule has 0 unspecified atom stereocenters. The highest BCUT2D eigenvalue weighted by Gasteiger charge is 2.49. The fraction of sp³-hybridized carbons (Fsp3) is 0.444. The lowest BCUT2D eigenvalue weighted by atomic mass is 9.90. The van der Waals surface area contributed by atoms with Gasteiger partial charge in [-0.15, -0.1) is 0 Å². The zero-order chi connectivity index (χ0) is 24.9. The highest BCUT2D eigenvalue weighted by molar-refractivity contribution is 7.98. The molecule has 1 aromatic heterocycles. The second-order valence-electron chi connectivity index (χ2n) is 7.04. The molecule has 0 radical (unpaired) electrons. The van der Waals surface area contributed by atoms with Crippen LogP contribution in [0.5, 0.6) is 5.88 Å². The third kappa shape index (κ3) is 4.89. The van der Waals surface area contributed by atoms with Crippen LogP contribution in [0, 0.1) is 19.7 Å². The predicted molar refractivity (Wildman–Crippen MR) is 102 cm³/mol. The Kier molecular flexibility index (Phi) is 6.63. The standard InChI is InChI=1S/C18H15F7N2O4S2/c1-7-4-8(2)14(19)12(13(7)17(20,21)22)11-5-10-9(6-30-11)15(27-16(26-10)32-3)31-33(28,29)18(23,24)25/h4,11H,5-6H2,1-3H3/t11-/m0/s1. The number of hydrogen-bond donors (Lipinski definition) is 0. The van der Waals surface area contributed by atoms with Crippen molar-refractivity contribution in [3.8, 4) is 5.88 Å². The van der Waals surface area contributed by atoms with Gasteiger partial charge in [0.1, 0.15) is 5.82 Å². The van der Waals surface area contributed by atoms with E-state index in [1.807, 2.05) is 0 Å². The Morgan fingerprint density at radius 3 is 2.30 bits per heavy atom. The summed E-state index contributed by atoms with van der Waals surface area (Å²) in [5.74, 6) is -2.10. The van der Waals surface area contributed by atoms with E-state index in [1.165, 1.54) is 13.2 Å². The molecule has 0 saturated carbocycles. The average Bonchev–Trinajstić information content (AvgIpc) is 2.67. The topological polar surface area (TPSA) is 78.4 Å². The smallest absolute Gasteiger partial charge is 0.368 e. The Morgan fingerprint density at radius 2 is 1.76 bits per heavy atom.